The summed E-state index contributed by atoms with van der Waals surface area (Å²) in [4.78, 5) is 0. The summed E-state index contributed by atoms with van der Waals surface area (Å²) in [6.45, 7) is 17.5. The summed E-state index contributed by atoms with van der Waals surface area (Å²) in [5.41, 5.74) is 4.25. The number of nitrogens with one attached hydrogen (secondary N) is 2. The van der Waals surface area contributed by atoms with Crippen LogP contribution in [0, 0.1) is 11.8 Å². The van der Waals surface area contributed by atoms with Gasteiger partial charge in [0.05, 0.1) is 11.9 Å². The van der Waals surface area contributed by atoms with Gasteiger partial charge in [-0.1, -0.05) is 70.7 Å². The molecule has 1 aromatic carbocycles. The Morgan fingerprint density at radius 1 is 1.08 bits per heavy atom. The first kappa shape index (κ1) is 18.6. The van der Waals surface area contributed by atoms with E-state index in [1.54, 1.807) is 0 Å². The van der Waals surface area contributed by atoms with E-state index in [-0.39, 0.29) is 6.04 Å². The molecule has 2 N–H and O–H groups in total. The van der Waals surface area contributed by atoms with Crippen molar-refractivity contribution in [2.24, 2.45) is 11.8 Å². The Labute approximate surface area is 148 Å². The van der Waals surface area contributed by atoms with Crippen LogP contribution < -0.4 is 10.6 Å². The van der Waals surface area contributed by atoms with Gasteiger partial charge >= 0.3 is 0 Å². The molecule has 2 unspecified atom stereocenters. The Hall–Kier alpha value is -1.70. The molecule has 0 aliphatic heterocycles. The fourth-order valence-electron chi connectivity index (χ4n) is 3.80. The van der Waals surface area contributed by atoms with Crippen molar-refractivity contribution >= 4 is 0 Å². The van der Waals surface area contributed by atoms with Crippen LogP contribution in [0.5, 0.6) is 0 Å². The zero-order chi connectivity index (χ0) is 17.7. The van der Waals surface area contributed by atoms with Gasteiger partial charge in [-0.3, -0.25) is 0 Å². The van der Waals surface area contributed by atoms with E-state index in [0.29, 0.717) is 17.9 Å². The molecule has 0 spiro atoms. The highest BCUT2D eigenvalue weighted by Gasteiger charge is 2.30. The van der Waals surface area contributed by atoms with Crippen molar-refractivity contribution in [1.29, 1.82) is 0 Å². The van der Waals surface area contributed by atoms with Crippen molar-refractivity contribution in [3.8, 4) is 0 Å². The number of hydrogen-bond donors (Lipinski definition) is 2. The first-order valence-corrected chi connectivity index (χ1v) is 9.42. The van der Waals surface area contributed by atoms with Gasteiger partial charge < -0.3 is 10.6 Å². The summed E-state index contributed by atoms with van der Waals surface area (Å²) in [6.07, 6.45) is 4.36. The third-order valence-electron chi connectivity index (χ3n) is 5.38. The lowest BCUT2D eigenvalue weighted by molar-refractivity contribution is 0.374. The summed E-state index contributed by atoms with van der Waals surface area (Å²) in [6, 6.07) is 9.56. The van der Waals surface area contributed by atoms with Gasteiger partial charge in [-0.15, -0.1) is 0 Å². The van der Waals surface area contributed by atoms with E-state index in [9.17, 15) is 0 Å². The van der Waals surface area contributed by atoms with Gasteiger partial charge in [0.2, 0.25) is 0 Å². The molecular formula is C22H34N2. The van der Waals surface area contributed by atoms with Crippen molar-refractivity contribution in [2.75, 3.05) is 0 Å². The second kappa shape index (κ2) is 8.41. The number of fused-ring (bicyclic) bond motifs is 1. The maximum atomic E-state index is 4.34. The molecule has 0 amide bonds. The van der Waals surface area contributed by atoms with Crippen LogP contribution in [0.25, 0.3) is 0 Å². The van der Waals surface area contributed by atoms with Crippen LogP contribution in [-0.4, -0.2) is 12.1 Å². The Balaban J connectivity index is 2.05. The topological polar surface area (TPSA) is 24.1 Å². The number of benzene rings is 1. The summed E-state index contributed by atoms with van der Waals surface area (Å²) in [7, 11) is 0. The molecule has 2 nitrogen and oxygen atoms in total. The minimum absolute atomic E-state index is 0.284. The fraction of sp³-hybridized carbons (Fsp3) is 0.545. The molecule has 0 saturated carbocycles. The third-order valence-corrected chi connectivity index (χ3v) is 5.38. The summed E-state index contributed by atoms with van der Waals surface area (Å²) >= 11 is 0. The summed E-state index contributed by atoms with van der Waals surface area (Å²) < 4.78 is 0. The highest BCUT2D eigenvalue weighted by Crippen LogP contribution is 2.31. The molecule has 1 aliphatic carbocycles. The Morgan fingerprint density at radius 3 is 2.12 bits per heavy atom. The zero-order valence-corrected chi connectivity index (χ0v) is 15.9. The molecular weight excluding hydrogens is 292 g/mol. The van der Waals surface area contributed by atoms with Crippen LogP contribution >= 0.6 is 0 Å². The van der Waals surface area contributed by atoms with Gasteiger partial charge in [0.1, 0.15) is 0 Å². The SMILES string of the molecule is C=C(NC(CC)C(C)C)NC(C(=C)CC)C1Cc2ccccc2C1. The van der Waals surface area contributed by atoms with E-state index in [4.69, 9.17) is 0 Å². The van der Waals surface area contributed by atoms with Crippen LogP contribution in [-0.2, 0) is 12.8 Å². The van der Waals surface area contributed by atoms with Crippen LogP contribution in [0.1, 0.15) is 51.7 Å². The Bertz CT molecular complexity index is 548. The monoisotopic (exact) mass is 326 g/mol. The Kier molecular flexibility index (Phi) is 6.53. The second-order valence-corrected chi connectivity index (χ2v) is 7.45. The van der Waals surface area contributed by atoms with Crippen molar-refractivity contribution in [3.05, 3.63) is 59.9 Å². The molecule has 0 radical (unpaired) electrons. The lowest BCUT2D eigenvalue weighted by Gasteiger charge is -2.31. The van der Waals surface area contributed by atoms with Crippen LogP contribution in [0.15, 0.2) is 48.8 Å². The number of rotatable bonds is 9. The smallest absolute Gasteiger partial charge is 0.0919 e. The van der Waals surface area contributed by atoms with Crippen molar-refractivity contribution < 1.29 is 0 Å². The minimum atomic E-state index is 0.284. The molecule has 2 rings (SSSR count). The average Bonchev–Trinajstić information content (AvgIpc) is 3.00. The van der Waals surface area contributed by atoms with Crippen LogP contribution in [0.4, 0.5) is 0 Å². The van der Waals surface area contributed by atoms with Crippen molar-refractivity contribution in [1.82, 2.24) is 10.6 Å². The maximum absolute atomic E-state index is 4.34. The first-order chi connectivity index (χ1) is 11.5. The minimum Gasteiger partial charge on any atom is -0.369 e. The molecule has 24 heavy (non-hydrogen) atoms. The third kappa shape index (κ3) is 4.43. The summed E-state index contributed by atoms with van der Waals surface area (Å²) in [5, 5.41) is 7.23. The van der Waals surface area contributed by atoms with Crippen LogP contribution in [0.2, 0.25) is 0 Å². The van der Waals surface area contributed by atoms with E-state index in [2.05, 4.69) is 75.8 Å². The second-order valence-electron chi connectivity index (χ2n) is 7.45. The highest BCUT2D eigenvalue weighted by molar-refractivity contribution is 5.34. The molecule has 1 aromatic rings. The average molecular weight is 327 g/mol. The first-order valence-electron chi connectivity index (χ1n) is 9.42. The van der Waals surface area contributed by atoms with E-state index in [0.717, 1.165) is 31.5 Å². The molecule has 2 heteroatoms. The van der Waals surface area contributed by atoms with E-state index >= 15 is 0 Å². The van der Waals surface area contributed by atoms with Crippen LogP contribution in [0.3, 0.4) is 0 Å². The highest BCUT2D eigenvalue weighted by atomic mass is 15.1. The quantitative estimate of drug-likeness (QED) is 0.636. The predicted octanol–water partition coefficient (Wildman–Crippen LogP) is 4.82. The lowest BCUT2D eigenvalue weighted by atomic mass is 9.90. The maximum Gasteiger partial charge on any atom is 0.0919 e. The fourth-order valence-corrected chi connectivity index (χ4v) is 3.80. The van der Waals surface area contributed by atoms with Crippen molar-refractivity contribution in [3.63, 3.8) is 0 Å². The molecule has 0 heterocycles. The molecule has 1 aliphatic rings. The molecule has 0 saturated heterocycles. The van der Waals surface area contributed by atoms with E-state index in [1.807, 2.05) is 0 Å². The largest absolute Gasteiger partial charge is 0.369 e. The van der Waals surface area contributed by atoms with E-state index in [1.165, 1.54) is 16.7 Å². The zero-order valence-electron chi connectivity index (χ0n) is 15.9. The van der Waals surface area contributed by atoms with Crippen molar-refractivity contribution in [2.45, 2.75) is 65.5 Å². The predicted molar refractivity (Wildman–Crippen MR) is 105 cm³/mol. The molecule has 0 bridgehead atoms. The van der Waals surface area contributed by atoms with Gasteiger partial charge in [0.25, 0.3) is 0 Å². The van der Waals surface area contributed by atoms with E-state index < -0.39 is 0 Å². The standard InChI is InChI=1S/C22H34N2/c1-7-16(5)22(24-17(6)23-21(8-2)15(3)4)20-13-18-11-9-10-12-19(18)14-20/h9-12,15,20-24H,5-8,13-14H2,1-4H3. The summed E-state index contributed by atoms with van der Waals surface area (Å²) in [5.74, 6) is 2.09. The molecule has 2 atom stereocenters. The number of hydrogen-bond acceptors (Lipinski definition) is 2. The van der Waals surface area contributed by atoms with Gasteiger partial charge in [-0.25, -0.2) is 0 Å². The molecule has 0 fully saturated rings. The van der Waals surface area contributed by atoms with Gasteiger partial charge in [-0.2, -0.15) is 0 Å². The van der Waals surface area contributed by atoms with Gasteiger partial charge in [0, 0.05) is 6.04 Å². The van der Waals surface area contributed by atoms with Gasteiger partial charge in [-0.05, 0) is 48.6 Å². The molecule has 0 aromatic heterocycles. The normalized spacial score (nSPS) is 16.5. The Morgan fingerprint density at radius 2 is 1.67 bits per heavy atom. The lowest BCUT2D eigenvalue weighted by Crippen LogP contribution is -2.44. The molecule has 132 valence electrons. The van der Waals surface area contributed by atoms with Gasteiger partial charge in [0.15, 0.2) is 0 Å².